The van der Waals surface area contributed by atoms with Gasteiger partial charge in [0.05, 0.1) is 12.6 Å². The third-order valence-electron chi connectivity index (χ3n) is 5.09. The third kappa shape index (κ3) is 3.33. The minimum atomic E-state index is -0.163. The van der Waals surface area contributed by atoms with E-state index in [0.29, 0.717) is 18.2 Å². The Morgan fingerprint density at radius 2 is 1.81 bits per heavy atom. The first-order valence-corrected chi connectivity index (χ1v) is 9.07. The Morgan fingerprint density at radius 1 is 1.08 bits per heavy atom. The average Bonchev–Trinajstić information content (AvgIpc) is 3.53. The van der Waals surface area contributed by atoms with Gasteiger partial charge in [-0.2, -0.15) is 0 Å². The number of carbonyl (C=O) groups is 1. The molecule has 1 heterocycles. The fourth-order valence-electron chi connectivity index (χ4n) is 3.53. The molecule has 2 aromatic carbocycles. The van der Waals surface area contributed by atoms with Crippen LogP contribution in [0.4, 0.5) is 0 Å². The lowest BCUT2D eigenvalue weighted by atomic mass is 10.1. The standard InChI is InChI=1S/C22H22N2O2/c25-15-20(18-10-11-18)24(14-16-6-2-1-3-7-16)22(26)21-19-9-5-4-8-17(19)12-13-23-21/h1-9,12-13,18,20,25H,10-11,14-15H2. The Hall–Kier alpha value is -2.72. The van der Waals surface area contributed by atoms with Crippen LogP contribution in [-0.4, -0.2) is 33.5 Å². The number of aromatic nitrogens is 1. The van der Waals surface area contributed by atoms with Crippen molar-refractivity contribution in [2.75, 3.05) is 6.61 Å². The van der Waals surface area contributed by atoms with Gasteiger partial charge < -0.3 is 10.0 Å². The lowest BCUT2D eigenvalue weighted by molar-refractivity contribution is 0.0527. The summed E-state index contributed by atoms with van der Waals surface area (Å²) >= 11 is 0. The Morgan fingerprint density at radius 3 is 2.54 bits per heavy atom. The van der Waals surface area contributed by atoms with Crippen LogP contribution in [0.25, 0.3) is 10.8 Å². The molecule has 0 bridgehead atoms. The second-order valence-corrected chi connectivity index (χ2v) is 6.89. The molecule has 1 aliphatic carbocycles. The molecule has 3 aromatic rings. The molecule has 4 heteroatoms. The highest BCUT2D eigenvalue weighted by atomic mass is 16.3. The average molecular weight is 346 g/mol. The number of carbonyl (C=O) groups excluding carboxylic acids is 1. The van der Waals surface area contributed by atoms with Gasteiger partial charge >= 0.3 is 0 Å². The predicted octanol–water partition coefficient (Wildman–Crippen LogP) is 3.65. The zero-order chi connectivity index (χ0) is 17.9. The number of hydrogen-bond donors (Lipinski definition) is 1. The van der Waals surface area contributed by atoms with Gasteiger partial charge in [0.25, 0.3) is 5.91 Å². The monoisotopic (exact) mass is 346 g/mol. The van der Waals surface area contributed by atoms with E-state index in [1.165, 1.54) is 0 Å². The second-order valence-electron chi connectivity index (χ2n) is 6.89. The third-order valence-corrected chi connectivity index (χ3v) is 5.09. The first kappa shape index (κ1) is 16.7. The van der Waals surface area contributed by atoms with Crippen molar-refractivity contribution in [1.82, 2.24) is 9.88 Å². The molecule has 1 atom stereocenters. The minimum Gasteiger partial charge on any atom is -0.394 e. The van der Waals surface area contributed by atoms with E-state index >= 15 is 0 Å². The van der Waals surface area contributed by atoms with Crippen molar-refractivity contribution in [1.29, 1.82) is 0 Å². The second kappa shape index (κ2) is 7.26. The normalized spacial score (nSPS) is 15.0. The molecule has 0 radical (unpaired) electrons. The number of fused-ring (bicyclic) bond motifs is 1. The summed E-state index contributed by atoms with van der Waals surface area (Å²) in [5, 5.41) is 11.8. The fraction of sp³-hybridized carbons (Fsp3) is 0.273. The van der Waals surface area contributed by atoms with Gasteiger partial charge in [0.15, 0.2) is 0 Å². The number of nitrogens with zero attached hydrogens (tertiary/aromatic N) is 2. The molecule has 1 N–H and O–H groups in total. The van der Waals surface area contributed by atoms with Crippen LogP contribution in [-0.2, 0) is 6.54 Å². The quantitative estimate of drug-likeness (QED) is 0.741. The Labute approximate surface area is 153 Å². The summed E-state index contributed by atoms with van der Waals surface area (Å²) in [4.78, 5) is 19.6. The van der Waals surface area contributed by atoms with E-state index < -0.39 is 0 Å². The van der Waals surface area contributed by atoms with E-state index in [0.717, 1.165) is 29.2 Å². The van der Waals surface area contributed by atoms with Crippen LogP contribution < -0.4 is 0 Å². The summed E-state index contributed by atoms with van der Waals surface area (Å²) in [6, 6.07) is 19.5. The Balaban J connectivity index is 1.73. The van der Waals surface area contributed by atoms with Gasteiger partial charge in [-0.15, -0.1) is 0 Å². The highest BCUT2D eigenvalue weighted by Crippen LogP contribution is 2.36. The van der Waals surface area contributed by atoms with Crippen LogP contribution in [0.3, 0.4) is 0 Å². The van der Waals surface area contributed by atoms with Crippen LogP contribution in [0.15, 0.2) is 66.9 Å². The number of aliphatic hydroxyl groups excluding tert-OH is 1. The van der Waals surface area contributed by atoms with E-state index in [4.69, 9.17) is 0 Å². The largest absolute Gasteiger partial charge is 0.394 e. The molecule has 26 heavy (non-hydrogen) atoms. The molecular formula is C22H22N2O2. The molecule has 1 aromatic heterocycles. The lowest BCUT2D eigenvalue weighted by Gasteiger charge is -2.31. The number of amides is 1. The van der Waals surface area contributed by atoms with E-state index in [1.54, 1.807) is 6.20 Å². The maximum Gasteiger partial charge on any atom is 0.273 e. The topological polar surface area (TPSA) is 53.4 Å². The molecule has 0 aliphatic heterocycles. The zero-order valence-electron chi connectivity index (χ0n) is 14.6. The highest BCUT2D eigenvalue weighted by molar-refractivity contribution is 6.05. The van der Waals surface area contributed by atoms with E-state index in [1.807, 2.05) is 65.6 Å². The van der Waals surface area contributed by atoms with Crippen molar-refractivity contribution in [3.8, 4) is 0 Å². The fourth-order valence-corrected chi connectivity index (χ4v) is 3.53. The Kier molecular flexibility index (Phi) is 4.67. The van der Waals surface area contributed by atoms with Crippen LogP contribution in [0.2, 0.25) is 0 Å². The molecule has 1 aliphatic rings. The summed E-state index contributed by atoms with van der Waals surface area (Å²) < 4.78 is 0. The van der Waals surface area contributed by atoms with Gasteiger partial charge in [-0.05, 0) is 35.8 Å². The minimum absolute atomic E-state index is 0.0198. The maximum absolute atomic E-state index is 13.4. The molecular weight excluding hydrogens is 324 g/mol. The van der Waals surface area contributed by atoms with Crippen molar-refractivity contribution in [2.45, 2.75) is 25.4 Å². The number of benzene rings is 2. The smallest absolute Gasteiger partial charge is 0.273 e. The molecule has 0 saturated heterocycles. The van der Waals surface area contributed by atoms with Gasteiger partial charge in [-0.25, -0.2) is 0 Å². The van der Waals surface area contributed by atoms with Crippen molar-refractivity contribution in [3.05, 3.63) is 78.1 Å². The van der Waals surface area contributed by atoms with Crippen molar-refractivity contribution in [2.24, 2.45) is 5.92 Å². The first-order valence-electron chi connectivity index (χ1n) is 9.07. The number of rotatable bonds is 6. The molecule has 132 valence electrons. The number of aliphatic hydroxyl groups is 1. The van der Waals surface area contributed by atoms with Crippen molar-refractivity contribution >= 4 is 16.7 Å². The van der Waals surface area contributed by atoms with Crippen molar-refractivity contribution < 1.29 is 9.90 Å². The van der Waals surface area contributed by atoms with E-state index in [2.05, 4.69) is 4.98 Å². The predicted molar refractivity (Wildman–Crippen MR) is 102 cm³/mol. The summed E-state index contributed by atoms with van der Waals surface area (Å²) in [6.07, 6.45) is 3.81. The van der Waals surface area contributed by atoms with Crippen LogP contribution in [0.5, 0.6) is 0 Å². The lowest BCUT2D eigenvalue weighted by Crippen LogP contribution is -2.43. The molecule has 1 fully saturated rings. The van der Waals surface area contributed by atoms with E-state index in [-0.39, 0.29) is 18.6 Å². The summed E-state index contributed by atoms with van der Waals surface area (Å²) in [7, 11) is 0. The molecule has 1 unspecified atom stereocenters. The van der Waals surface area contributed by atoms with Gasteiger partial charge in [0.2, 0.25) is 0 Å². The first-order chi connectivity index (χ1) is 12.8. The summed E-state index contributed by atoms with van der Waals surface area (Å²) in [5.41, 5.74) is 1.51. The Bertz CT molecular complexity index is 901. The number of hydrogen-bond acceptors (Lipinski definition) is 3. The number of pyridine rings is 1. The summed E-state index contributed by atoms with van der Waals surface area (Å²) in [5.74, 6) is 0.263. The van der Waals surface area contributed by atoms with Crippen molar-refractivity contribution in [3.63, 3.8) is 0 Å². The molecule has 1 amide bonds. The summed E-state index contributed by atoms with van der Waals surface area (Å²) in [6.45, 7) is 0.459. The molecule has 4 nitrogen and oxygen atoms in total. The highest BCUT2D eigenvalue weighted by Gasteiger charge is 2.38. The van der Waals surface area contributed by atoms with Gasteiger partial charge in [0, 0.05) is 18.1 Å². The van der Waals surface area contributed by atoms with Crippen LogP contribution in [0, 0.1) is 5.92 Å². The molecule has 4 rings (SSSR count). The maximum atomic E-state index is 13.4. The van der Waals surface area contributed by atoms with Crippen LogP contribution in [0.1, 0.15) is 28.9 Å². The molecule has 1 saturated carbocycles. The van der Waals surface area contributed by atoms with E-state index in [9.17, 15) is 9.90 Å². The van der Waals surface area contributed by atoms with Gasteiger partial charge in [0.1, 0.15) is 5.69 Å². The van der Waals surface area contributed by atoms with Crippen LogP contribution >= 0.6 is 0 Å². The van der Waals surface area contributed by atoms with Gasteiger partial charge in [-0.3, -0.25) is 9.78 Å². The molecule has 0 spiro atoms. The zero-order valence-corrected chi connectivity index (χ0v) is 14.6. The van der Waals surface area contributed by atoms with Gasteiger partial charge in [-0.1, -0.05) is 54.6 Å². The SMILES string of the molecule is O=C(c1nccc2ccccc12)N(Cc1ccccc1)C(CO)C1CC1.